The van der Waals surface area contributed by atoms with Crippen molar-refractivity contribution in [2.24, 2.45) is 11.1 Å². The summed E-state index contributed by atoms with van der Waals surface area (Å²) in [5.41, 5.74) is -0.118. The predicted molar refractivity (Wildman–Crippen MR) is 68.9 cm³/mol. The van der Waals surface area contributed by atoms with Gasteiger partial charge in [0.25, 0.3) is 0 Å². The molecule has 0 saturated heterocycles. The molecule has 1 unspecified atom stereocenters. The van der Waals surface area contributed by atoms with Crippen LogP contribution in [0.3, 0.4) is 0 Å². The largest absolute Gasteiger partial charge is 0.494 e. The molecule has 1 atom stereocenters. The van der Waals surface area contributed by atoms with Crippen molar-refractivity contribution >= 4 is 5.71 Å². The average molecular weight is 289 g/mol. The van der Waals surface area contributed by atoms with E-state index >= 15 is 0 Å². The maximum absolute atomic E-state index is 12.9. The molecule has 3 nitrogen and oxygen atoms in total. The van der Waals surface area contributed by atoms with E-state index in [1.807, 2.05) is 13.8 Å². The molecular weight excluding hydrogens is 271 g/mol. The lowest BCUT2D eigenvalue weighted by molar-refractivity contribution is -0.0621. The van der Waals surface area contributed by atoms with Gasteiger partial charge in [0.1, 0.15) is 5.76 Å². The van der Waals surface area contributed by atoms with Gasteiger partial charge in [-0.3, -0.25) is 0 Å². The van der Waals surface area contributed by atoms with Gasteiger partial charge in [0.15, 0.2) is 11.5 Å². The second kappa shape index (κ2) is 5.89. The summed E-state index contributed by atoms with van der Waals surface area (Å²) >= 11 is 0. The van der Waals surface area contributed by atoms with Gasteiger partial charge in [-0.25, -0.2) is 0 Å². The molecule has 0 bridgehead atoms. The number of nitrogens with zero attached hydrogens (tertiary/aromatic N) is 1. The number of halogens is 3. The number of alkyl halides is 3. The lowest BCUT2D eigenvalue weighted by atomic mass is 9.87. The van der Waals surface area contributed by atoms with E-state index in [4.69, 9.17) is 9.57 Å². The smallest absolute Gasteiger partial charge is 0.433 e. The van der Waals surface area contributed by atoms with Crippen molar-refractivity contribution in [1.29, 1.82) is 0 Å². The highest BCUT2D eigenvalue weighted by molar-refractivity contribution is 5.95. The van der Waals surface area contributed by atoms with Crippen LogP contribution in [-0.4, -0.2) is 18.5 Å². The van der Waals surface area contributed by atoms with Gasteiger partial charge in [0.05, 0.1) is 12.5 Å². The fraction of sp³-hybridized carbons (Fsp3) is 0.643. The van der Waals surface area contributed by atoms with Crippen molar-refractivity contribution in [2.45, 2.75) is 45.7 Å². The Morgan fingerprint density at radius 3 is 2.70 bits per heavy atom. The van der Waals surface area contributed by atoms with Crippen LogP contribution in [0.2, 0.25) is 0 Å². The zero-order valence-electron chi connectivity index (χ0n) is 11.6. The second-order valence-electron chi connectivity index (χ2n) is 4.86. The van der Waals surface area contributed by atoms with Crippen molar-refractivity contribution in [3.05, 3.63) is 23.2 Å². The molecule has 20 heavy (non-hydrogen) atoms. The van der Waals surface area contributed by atoms with Crippen LogP contribution >= 0.6 is 0 Å². The summed E-state index contributed by atoms with van der Waals surface area (Å²) in [5, 5.41) is 3.24. The van der Waals surface area contributed by atoms with Crippen LogP contribution in [0, 0.1) is 5.92 Å². The third-order valence-electron chi connectivity index (χ3n) is 3.27. The maximum Gasteiger partial charge on any atom is 0.433 e. The van der Waals surface area contributed by atoms with Crippen molar-refractivity contribution in [3.8, 4) is 0 Å². The van der Waals surface area contributed by atoms with Gasteiger partial charge < -0.3 is 9.57 Å². The van der Waals surface area contributed by atoms with Gasteiger partial charge in [-0.2, -0.15) is 13.2 Å². The molecule has 1 aliphatic carbocycles. The molecule has 1 aliphatic heterocycles. The first-order chi connectivity index (χ1) is 9.49. The monoisotopic (exact) mass is 289 g/mol. The molecule has 1 heterocycles. The van der Waals surface area contributed by atoms with E-state index in [1.165, 1.54) is 0 Å². The minimum atomic E-state index is -4.45. The molecule has 0 fully saturated rings. The number of allylic oxidation sites excluding steroid dienone is 3. The van der Waals surface area contributed by atoms with E-state index < -0.39 is 17.8 Å². The number of ether oxygens (including phenoxy) is 1. The van der Waals surface area contributed by atoms with Crippen LogP contribution < -0.4 is 0 Å². The zero-order valence-corrected chi connectivity index (χ0v) is 11.6. The summed E-state index contributed by atoms with van der Waals surface area (Å²) < 4.78 is 44.2. The van der Waals surface area contributed by atoms with Gasteiger partial charge in [0.2, 0.25) is 0 Å². The lowest BCUT2D eigenvalue weighted by Gasteiger charge is -2.23. The molecule has 0 spiro atoms. The van der Waals surface area contributed by atoms with E-state index in [9.17, 15) is 13.2 Å². The van der Waals surface area contributed by atoms with Gasteiger partial charge in [-0.1, -0.05) is 25.4 Å². The molecule has 2 rings (SSSR count). The first-order valence-electron chi connectivity index (χ1n) is 6.87. The third kappa shape index (κ3) is 2.83. The molecule has 0 saturated carbocycles. The molecule has 0 aromatic rings. The highest BCUT2D eigenvalue weighted by Gasteiger charge is 2.48. The Bertz CT molecular complexity index is 464. The average Bonchev–Trinajstić information content (AvgIpc) is 2.82. The Kier molecular flexibility index (Phi) is 4.40. The third-order valence-corrected chi connectivity index (χ3v) is 3.27. The number of hydrogen-bond acceptors (Lipinski definition) is 3. The van der Waals surface area contributed by atoms with Crippen LogP contribution in [0.5, 0.6) is 0 Å². The van der Waals surface area contributed by atoms with Gasteiger partial charge in [-0.15, -0.1) is 0 Å². The molecule has 0 aromatic carbocycles. The Morgan fingerprint density at radius 1 is 1.35 bits per heavy atom. The molecule has 0 amide bonds. The van der Waals surface area contributed by atoms with E-state index in [0.29, 0.717) is 24.5 Å². The normalized spacial score (nSPS) is 22.1. The predicted octanol–water partition coefficient (Wildman–Crippen LogP) is 4.32. The van der Waals surface area contributed by atoms with Crippen molar-refractivity contribution in [1.82, 2.24) is 0 Å². The van der Waals surface area contributed by atoms with E-state index in [-0.39, 0.29) is 6.42 Å². The van der Waals surface area contributed by atoms with Gasteiger partial charge in [0, 0.05) is 5.57 Å². The summed E-state index contributed by atoms with van der Waals surface area (Å²) in [7, 11) is 0. The molecule has 0 N–H and O–H groups in total. The Morgan fingerprint density at radius 2 is 2.10 bits per heavy atom. The highest BCUT2D eigenvalue weighted by atomic mass is 19.4. The standard InChI is InChI=1S/C14H18F3NO2/c1-3-5-9-11(19-8-4-2)7-6-10-12(9)20-18-13(10)14(15,16)17/h7,10H,3-6,8H2,1-2H3. The topological polar surface area (TPSA) is 30.8 Å². The minimum Gasteiger partial charge on any atom is -0.494 e. The lowest BCUT2D eigenvalue weighted by Crippen LogP contribution is -2.30. The van der Waals surface area contributed by atoms with Crippen molar-refractivity contribution < 1.29 is 22.7 Å². The van der Waals surface area contributed by atoms with Crippen LogP contribution in [0.1, 0.15) is 39.5 Å². The molecule has 0 aromatic heterocycles. The number of hydrogen-bond donors (Lipinski definition) is 0. The SMILES string of the molecule is CCCOC1=CCC2C(C(F)(F)F)=NOC2=C1CCC. The van der Waals surface area contributed by atoms with Crippen molar-refractivity contribution in [2.75, 3.05) is 6.61 Å². The first kappa shape index (κ1) is 14.9. The summed E-state index contributed by atoms with van der Waals surface area (Å²) in [4.78, 5) is 5.00. The minimum absolute atomic E-state index is 0.222. The summed E-state index contributed by atoms with van der Waals surface area (Å²) in [6, 6.07) is 0. The molecule has 2 aliphatic rings. The number of oxime groups is 1. The summed E-state index contributed by atoms with van der Waals surface area (Å²) in [6.45, 7) is 4.49. The van der Waals surface area contributed by atoms with Crippen molar-refractivity contribution in [3.63, 3.8) is 0 Å². The van der Waals surface area contributed by atoms with E-state index in [2.05, 4.69) is 5.16 Å². The van der Waals surface area contributed by atoms with Crippen LogP contribution in [0.15, 0.2) is 28.3 Å². The van der Waals surface area contributed by atoms with Gasteiger partial charge >= 0.3 is 6.18 Å². The Hall–Kier alpha value is -1.46. The molecule has 112 valence electrons. The second-order valence-corrected chi connectivity index (χ2v) is 4.86. The highest BCUT2D eigenvalue weighted by Crippen LogP contribution is 2.42. The van der Waals surface area contributed by atoms with Gasteiger partial charge in [-0.05, 0) is 25.3 Å². The number of fused-ring (bicyclic) bond motifs is 1. The van der Waals surface area contributed by atoms with E-state index in [0.717, 1.165) is 18.4 Å². The molecule has 0 radical (unpaired) electrons. The quantitative estimate of drug-likeness (QED) is 0.754. The van der Waals surface area contributed by atoms with Crippen LogP contribution in [0.4, 0.5) is 13.2 Å². The van der Waals surface area contributed by atoms with E-state index in [1.54, 1.807) is 6.08 Å². The van der Waals surface area contributed by atoms with Crippen LogP contribution in [-0.2, 0) is 9.57 Å². The fourth-order valence-corrected chi connectivity index (χ4v) is 2.41. The molecular formula is C14H18F3NO2. The fourth-order valence-electron chi connectivity index (χ4n) is 2.41. The molecule has 6 heteroatoms. The number of rotatable bonds is 5. The zero-order chi connectivity index (χ0) is 14.8. The Balaban J connectivity index is 2.26. The van der Waals surface area contributed by atoms with Crippen LogP contribution in [0.25, 0.3) is 0 Å². The summed E-state index contributed by atoms with van der Waals surface area (Å²) in [5.74, 6) is 0.150. The Labute approximate surface area is 116 Å². The first-order valence-corrected chi connectivity index (χ1v) is 6.87. The maximum atomic E-state index is 12.9. The summed E-state index contributed by atoms with van der Waals surface area (Å²) in [6.07, 6.45) is -0.212.